The summed E-state index contributed by atoms with van der Waals surface area (Å²) in [5, 5.41) is 4.45. The Labute approximate surface area is 157 Å². The number of ether oxygens (including phenoxy) is 1. The average molecular weight is 370 g/mol. The van der Waals surface area contributed by atoms with Crippen LogP contribution in [0, 0.1) is 13.8 Å². The number of hydrogen-bond donors (Lipinski definition) is 1. The molecule has 3 aromatic rings. The highest BCUT2D eigenvalue weighted by molar-refractivity contribution is 6.31. The summed E-state index contributed by atoms with van der Waals surface area (Å²) < 4.78 is 11.0. The molecule has 0 unspecified atom stereocenters. The van der Waals surface area contributed by atoms with Gasteiger partial charge in [0.1, 0.15) is 11.3 Å². The fourth-order valence-electron chi connectivity index (χ4n) is 2.83. The van der Waals surface area contributed by atoms with Crippen LogP contribution in [0.1, 0.15) is 23.6 Å². The SMILES string of the molecule is COc1cc2occ(C)c2cc1/C(C)=C/C(=O)Nc1cc(Cl)ccc1C. The lowest BCUT2D eigenvalue weighted by Crippen LogP contribution is -2.09. The van der Waals surface area contributed by atoms with E-state index in [0.29, 0.717) is 16.5 Å². The summed E-state index contributed by atoms with van der Waals surface area (Å²) in [4.78, 5) is 12.4. The van der Waals surface area contributed by atoms with Gasteiger partial charge in [0.2, 0.25) is 5.91 Å². The number of nitrogens with one attached hydrogen (secondary N) is 1. The topological polar surface area (TPSA) is 51.5 Å². The van der Waals surface area contributed by atoms with Crippen molar-refractivity contribution in [2.24, 2.45) is 0 Å². The lowest BCUT2D eigenvalue weighted by molar-refractivity contribution is -0.111. The molecule has 4 nitrogen and oxygen atoms in total. The van der Waals surface area contributed by atoms with Gasteiger partial charge in [-0.1, -0.05) is 17.7 Å². The van der Waals surface area contributed by atoms with Gasteiger partial charge >= 0.3 is 0 Å². The van der Waals surface area contributed by atoms with Crippen molar-refractivity contribution in [3.8, 4) is 5.75 Å². The van der Waals surface area contributed by atoms with Crippen LogP contribution >= 0.6 is 11.6 Å². The molecule has 0 spiro atoms. The molecule has 0 saturated heterocycles. The minimum Gasteiger partial charge on any atom is -0.496 e. The van der Waals surface area contributed by atoms with Crippen LogP contribution < -0.4 is 10.1 Å². The van der Waals surface area contributed by atoms with Crippen LogP contribution in [0.4, 0.5) is 5.69 Å². The summed E-state index contributed by atoms with van der Waals surface area (Å²) >= 11 is 6.01. The molecule has 134 valence electrons. The van der Waals surface area contributed by atoms with Crippen molar-refractivity contribution in [3.63, 3.8) is 0 Å². The van der Waals surface area contributed by atoms with E-state index in [-0.39, 0.29) is 5.91 Å². The Kier molecular flexibility index (Phi) is 5.05. The summed E-state index contributed by atoms with van der Waals surface area (Å²) in [6.45, 7) is 5.78. The highest BCUT2D eigenvalue weighted by Gasteiger charge is 2.12. The van der Waals surface area contributed by atoms with E-state index >= 15 is 0 Å². The minimum atomic E-state index is -0.223. The number of hydrogen-bond acceptors (Lipinski definition) is 3. The van der Waals surface area contributed by atoms with Crippen LogP contribution in [-0.4, -0.2) is 13.0 Å². The Bertz CT molecular complexity index is 1020. The zero-order chi connectivity index (χ0) is 18.8. The molecule has 0 aliphatic carbocycles. The summed E-state index contributed by atoms with van der Waals surface area (Å²) in [5.74, 6) is 0.436. The number of furan rings is 1. The number of carbonyl (C=O) groups is 1. The Morgan fingerprint density at radius 2 is 1.96 bits per heavy atom. The summed E-state index contributed by atoms with van der Waals surface area (Å²) in [6.07, 6.45) is 3.26. The maximum absolute atomic E-state index is 12.4. The van der Waals surface area contributed by atoms with E-state index in [1.165, 1.54) is 0 Å². The van der Waals surface area contributed by atoms with Crippen molar-refractivity contribution >= 4 is 39.7 Å². The van der Waals surface area contributed by atoms with E-state index in [2.05, 4.69) is 5.32 Å². The number of carbonyl (C=O) groups excluding carboxylic acids is 1. The second-order valence-electron chi connectivity index (χ2n) is 6.24. The number of methoxy groups -OCH3 is 1. The van der Waals surface area contributed by atoms with E-state index in [9.17, 15) is 4.79 Å². The van der Waals surface area contributed by atoms with Crippen molar-refractivity contribution in [2.75, 3.05) is 12.4 Å². The molecule has 0 saturated carbocycles. The van der Waals surface area contributed by atoms with E-state index in [1.807, 2.05) is 39.0 Å². The maximum atomic E-state index is 12.4. The highest BCUT2D eigenvalue weighted by Crippen LogP contribution is 2.33. The molecule has 0 radical (unpaired) electrons. The van der Waals surface area contributed by atoms with Crippen molar-refractivity contribution in [1.29, 1.82) is 0 Å². The Morgan fingerprint density at radius 1 is 1.19 bits per heavy atom. The van der Waals surface area contributed by atoms with Crippen molar-refractivity contribution in [1.82, 2.24) is 0 Å². The third kappa shape index (κ3) is 3.60. The molecule has 0 atom stereocenters. The van der Waals surface area contributed by atoms with E-state index in [0.717, 1.165) is 33.2 Å². The molecule has 2 aromatic carbocycles. The minimum absolute atomic E-state index is 0.223. The number of allylic oxidation sites excluding steroid dienone is 1. The van der Waals surface area contributed by atoms with Gasteiger partial charge in [-0.15, -0.1) is 0 Å². The van der Waals surface area contributed by atoms with Crippen molar-refractivity contribution < 1.29 is 13.9 Å². The van der Waals surface area contributed by atoms with Crippen LogP contribution in [0.5, 0.6) is 5.75 Å². The number of rotatable bonds is 4. The van der Waals surface area contributed by atoms with Gasteiger partial charge in [-0.3, -0.25) is 4.79 Å². The quantitative estimate of drug-likeness (QED) is 0.595. The zero-order valence-corrected chi connectivity index (χ0v) is 15.9. The molecule has 1 N–H and O–H groups in total. The van der Waals surface area contributed by atoms with Crippen molar-refractivity contribution in [3.05, 3.63) is 64.4 Å². The molecule has 5 heteroatoms. The first-order chi connectivity index (χ1) is 12.4. The number of benzene rings is 2. The Morgan fingerprint density at radius 3 is 2.69 bits per heavy atom. The molecule has 1 heterocycles. The molecule has 0 aliphatic rings. The summed E-state index contributed by atoms with van der Waals surface area (Å²) in [5.41, 5.74) is 5.08. The van der Waals surface area contributed by atoms with Gasteiger partial charge in [0.15, 0.2) is 0 Å². The number of halogens is 1. The molecule has 0 bridgehead atoms. The standard InChI is InChI=1S/C21H20ClNO3/c1-12-5-6-15(22)8-18(12)23-21(24)7-13(2)16-9-17-14(3)11-26-20(17)10-19(16)25-4/h5-11H,1-4H3,(H,23,24)/b13-7+. The van der Waals surface area contributed by atoms with Gasteiger partial charge in [0.25, 0.3) is 0 Å². The van der Waals surface area contributed by atoms with Crippen LogP contribution in [0.2, 0.25) is 5.02 Å². The second kappa shape index (κ2) is 7.26. The fraction of sp³-hybridized carbons (Fsp3) is 0.190. The third-order valence-electron chi connectivity index (χ3n) is 4.32. The largest absolute Gasteiger partial charge is 0.496 e. The normalized spacial score (nSPS) is 11.7. The maximum Gasteiger partial charge on any atom is 0.248 e. The first-order valence-electron chi connectivity index (χ1n) is 8.20. The molecule has 0 aliphatic heterocycles. The van der Waals surface area contributed by atoms with Crippen molar-refractivity contribution in [2.45, 2.75) is 20.8 Å². The van der Waals surface area contributed by atoms with Crippen LogP contribution in [0.3, 0.4) is 0 Å². The van der Waals surface area contributed by atoms with Gasteiger partial charge in [-0.25, -0.2) is 0 Å². The second-order valence-corrected chi connectivity index (χ2v) is 6.68. The fourth-order valence-corrected chi connectivity index (χ4v) is 3.00. The number of amides is 1. The highest BCUT2D eigenvalue weighted by atomic mass is 35.5. The molecule has 3 rings (SSSR count). The molecular weight excluding hydrogens is 350 g/mol. The van der Waals surface area contributed by atoms with Gasteiger partial charge in [-0.2, -0.15) is 0 Å². The zero-order valence-electron chi connectivity index (χ0n) is 15.1. The van der Waals surface area contributed by atoms with Crippen LogP contribution in [0.15, 0.2) is 47.1 Å². The summed E-state index contributed by atoms with van der Waals surface area (Å²) in [6, 6.07) is 9.22. The Hall–Kier alpha value is -2.72. The van der Waals surface area contributed by atoms with Gasteiger partial charge in [0, 0.05) is 33.8 Å². The number of anilines is 1. The molecule has 1 aromatic heterocycles. The monoisotopic (exact) mass is 369 g/mol. The first kappa shape index (κ1) is 18.1. The molecular formula is C21H20ClNO3. The molecule has 26 heavy (non-hydrogen) atoms. The van der Waals surface area contributed by atoms with E-state index < -0.39 is 0 Å². The third-order valence-corrected chi connectivity index (χ3v) is 4.55. The van der Waals surface area contributed by atoms with Gasteiger partial charge in [-0.05, 0) is 55.7 Å². The van der Waals surface area contributed by atoms with E-state index in [1.54, 1.807) is 31.6 Å². The van der Waals surface area contributed by atoms with Crippen LogP contribution in [-0.2, 0) is 4.79 Å². The lowest BCUT2D eigenvalue weighted by atomic mass is 10.0. The first-order valence-corrected chi connectivity index (χ1v) is 8.58. The number of fused-ring (bicyclic) bond motifs is 1. The van der Waals surface area contributed by atoms with Crippen LogP contribution in [0.25, 0.3) is 16.5 Å². The predicted octanol–water partition coefficient (Wildman–Crippen LogP) is 5.75. The average Bonchev–Trinajstić information content (AvgIpc) is 2.97. The molecule has 0 fully saturated rings. The molecule has 1 amide bonds. The lowest BCUT2D eigenvalue weighted by Gasteiger charge is -2.11. The predicted molar refractivity (Wildman–Crippen MR) is 106 cm³/mol. The Balaban J connectivity index is 1.93. The number of aryl methyl sites for hydroxylation is 2. The van der Waals surface area contributed by atoms with Gasteiger partial charge in [0.05, 0.1) is 13.4 Å². The van der Waals surface area contributed by atoms with E-state index in [4.69, 9.17) is 20.8 Å². The summed E-state index contributed by atoms with van der Waals surface area (Å²) in [7, 11) is 1.60. The smallest absolute Gasteiger partial charge is 0.248 e. The van der Waals surface area contributed by atoms with Gasteiger partial charge < -0.3 is 14.5 Å².